The Bertz CT molecular complexity index is 1320. The predicted molar refractivity (Wildman–Crippen MR) is 167 cm³/mol. The van der Waals surface area contributed by atoms with E-state index in [-0.39, 0.29) is 0 Å². The van der Waals surface area contributed by atoms with Crippen LogP contribution >= 0.6 is 0 Å². The van der Waals surface area contributed by atoms with E-state index in [1.165, 1.54) is 16.7 Å². The van der Waals surface area contributed by atoms with Crippen LogP contribution in [0.4, 0.5) is 0 Å². The average molecular weight is 561 g/mol. The molecule has 0 heterocycles. The second kappa shape index (κ2) is 15.1. The molecule has 208 valence electrons. The Labute approximate surface area is 244 Å². The zero-order valence-corrected chi connectivity index (χ0v) is 24.2. The zero-order chi connectivity index (χ0) is 28.0. The van der Waals surface area contributed by atoms with E-state index in [4.69, 9.17) is 17.7 Å². The van der Waals surface area contributed by atoms with E-state index in [9.17, 15) is 0 Å². The third kappa shape index (κ3) is 8.74. The van der Waals surface area contributed by atoms with Crippen LogP contribution in [0.3, 0.4) is 0 Å². The van der Waals surface area contributed by atoms with Crippen LogP contribution < -0.4 is 4.43 Å². The molecule has 5 aromatic rings. The average Bonchev–Trinajstić information content (AvgIpc) is 3.03. The summed E-state index contributed by atoms with van der Waals surface area (Å²) in [5, 5.41) is 0. The van der Waals surface area contributed by atoms with Gasteiger partial charge in [-0.3, -0.25) is 0 Å². The highest BCUT2D eigenvalue weighted by molar-refractivity contribution is 6.54. The monoisotopic (exact) mass is 560 g/mol. The van der Waals surface area contributed by atoms with Crippen molar-refractivity contribution in [3.8, 4) is 16.9 Å². The van der Waals surface area contributed by atoms with E-state index in [1.807, 2.05) is 91.0 Å². The number of hydrogen-bond acceptors (Lipinski definition) is 4. The third-order valence-corrected chi connectivity index (χ3v) is 8.89. The maximum Gasteiger partial charge on any atom is 0.749 e. The number of para-hydroxylation sites is 1. The van der Waals surface area contributed by atoms with Crippen LogP contribution in [0.25, 0.3) is 11.1 Å². The second-order valence-electron chi connectivity index (χ2n) is 9.72. The molecule has 0 atom stereocenters. The van der Waals surface area contributed by atoms with E-state index in [0.717, 1.165) is 30.4 Å². The van der Waals surface area contributed by atoms with Gasteiger partial charge in [0.05, 0.1) is 0 Å². The highest BCUT2D eigenvalue weighted by Gasteiger charge is 2.49. The SMILES string of the molecule is c1ccc(CCO[Si](OCCc2ccccc2)(OCCc2ccccc2)Oc2ccccc2-c2ccccc2)cc1. The Morgan fingerprint density at radius 2 is 0.756 bits per heavy atom. The van der Waals surface area contributed by atoms with Crippen molar-refractivity contribution >= 4 is 9.05 Å². The van der Waals surface area contributed by atoms with Crippen LogP contribution in [0.2, 0.25) is 0 Å². The first kappa shape index (κ1) is 28.5. The first-order valence-corrected chi connectivity index (χ1v) is 15.8. The summed E-state index contributed by atoms with van der Waals surface area (Å²) in [5.74, 6) is 0.685. The van der Waals surface area contributed by atoms with Gasteiger partial charge in [-0.15, -0.1) is 0 Å². The predicted octanol–water partition coefficient (Wildman–Crippen LogP) is 7.95. The van der Waals surface area contributed by atoms with E-state index in [0.29, 0.717) is 25.6 Å². The lowest BCUT2D eigenvalue weighted by Gasteiger charge is -2.29. The van der Waals surface area contributed by atoms with E-state index < -0.39 is 9.05 Å². The van der Waals surface area contributed by atoms with Crippen molar-refractivity contribution in [2.24, 2.45) is 0 Å². The lowest BCUT2D eigenvalue weighted by molar-refractivity contribution is 0.00229. The van der Waals surface area contributed by atoms with Gasteiger partial charge in [-0.2, -0.15) is 0 Å². The molecule has 0 saturated carbocycles. The molecule has 0 N–H and O–H groups in total. The first-order valence-electron chi connectivity index (χ1n) is 14.2. The van der Waals surface area contributed by atoms with E-state index >= 15 is 0 Å². The van der Waals surface area contributed by atoms with Gasteiger partial charge in [0.15, 0.2) is 0 Å². The first-order chi connectivity index (χ1) is 20.3. The van der Waals surface area contributed by atoms with Gasteiger partial charge < -0.3 is 17.7 Å². The summed E-state index contributed by atoms with van der Waals surface area (Å²) in [6.07, 6.45) is 2.18. The molecule has 5 aromatic carbocycles. The minimum Gasteiger partial charge on any atom is -0.479 e. The summed E-state index contributed by atoms with van der Waals surface area (Å²) >= 11 is 0. The fraction of sp³-hybridized carbons (Fsp3) is 0.167. The second-order valence-corrected chi connectivity index (χ2v) is 11.8. The summed E-state index contributed by atoms with van der Waals surface area (Å²) in [4.78, 5) is 0. The minimum atomic E-state index is -3.66. The Morgan fingerprint density at radius 1 is 0.390 bits per heavy atom. The Kier molecular flexibility index (Phi) is 10.5. The quantitative estimate of drug-likeness (QED) is 0.122. The highest BCUT2D eigenvalue weighted by Crippen LogP contribution is 2.32. The fourth-order valence-electron chi connectivity index (χ4n) is 4.58. The minimum absolute atomic E-state index is 0.417. The molecule has 0 spiro atoms. The molecule has 0 aromatic heterocycles. The molecule has 4 nitrogen and oxygen atoms in total. The maximum absolute atomic E-state index is 6.77. The Balaban J connectivity index is 1.41. The molecule has 0 saturated heterocycles. The molecule has 0 aliphatic rings. The fourth-order valence-corrected chi connectivity index (χ4v) is 6.51. The highest BCUT2D eigenvalue weighted by atomic mass is 28.4. The van der Waals surface area contributed by atoms with Crippen LogP contribution in [0.15, 0.2) is 146 Å². The molecule has 0 aliphatic heterocycles. The standard InChI is InChI=1S/C36H36O4Si/c1-5-15-31(16-6-1)25-28-37-41(38-29-26-32-17-7-2-8-18-32,39-30-27-33-19-9-3-10-20-33)40-36-24-14-13-23-35(36)34-21-11-4-12-22-34/h1-24H,25-30H2. The van der Waals surface area contributed by atoms with Crippen molar-refractivity contribution < 1.29 is 17.7 Å². The van der Waals surface area contributed by atoms with Crippen molar-refractivity contribution in [2.45, 2.75) is 19.3 Å². The molecule has 0 unspecified atom stereocenters. The van der Waals surface area contributed by atoms with Crippen molar-refractivity contribution in [1.29, 1.82) is 0 Å². The maximum atomic E-state index is 6.77. The summed E-state index contributed by atoms with van der Waals surface area (Å²) < 4.78 is 26.5. The van der Waals surface area contributed by atoms with Crippen molar-refractivity contribution in [3.63, 3.8) is 0 Å². The largest absolute Gasteiger partial charge is 0.749 e. The van der Waals surface area contributed by atoms with E-state index in [2.05, 4.69) is 54.6 Å². The molecule has 5 rings (SSSR count). The van der Waals surface area contributed by atoms with Gasteiger partial charge in [-0.1, -0.05) is 140 Å². The zero-order valence-electron chi connectivity index (χ0n) is 23.2. The van der Waals surface area contributed by atoms with Crippen LogP contribution in [-0.2, 0) is 32.5 Å². The van der Waals surface area contributed by atoms with Gasteiger partial charge in [0.2, 0.25) is 0 Å². The molecule has 0 aliphatic carbocycles. The van der Waals surface area contributed by atoms with Crippen molar-refractivity contribution in [3.05, 3.63) is 162 Å². The molecular formula is C36H36O4Si. The van der Waals surface area contributed by atoms with Crippen LogP contribution in [0.1, 0.15) is 16.7 Å². The molecule has 0 bridgehead atoms. The van der Waals surface area contributed by atoms with Gasteiger partial charge in [0.25, 0.3) is 0 Å². The number of hydrogen-bond donors (Lipinski definition) is 0. The third-order valence-electron chi connectivity index (χ3n) is 6.74. The van der Waals surface area contributed by atoms with Crippen LogP contribution in [0.5, 0.6) is 5.75 Å². The molecular weight excluding hydrogens is 524 g/mol. The molecule has 0 fully saturated rings. The lowest BCUT2D eigenvalue weighted by atomic mass is 10.1. The van der Waals surface area contributed by atoms with Gasteiger partial charge in [-0.05, 0) is 47.6 Å². The number of rotatable bonds is 15. The molecule has 5 heteroatoms. The smallest absolute Gasteiger partial charge is 0.479 e. The van der Waals surface area contributed by atoms with Gasteiger partial charge in [0, 0.05) is 25.4 Å². The van der Waals surface area contributed by atoms with Crippen molar-refractivity contribution in [2.75, 3.05) is 19.8 Å². The summed E-state index contributed by atoms with van der Waals surface area (Å²) in [7, 11) is -3.66. The molecule has 0 amide bonds. The topological polar surface area (TPSA) is 36.9 Å². The van der Waals surface area contributed by atoms with Gasteiger partial charge >= 0.3 is 9.05 Å². The van der Waals surface area contributed by atoms with Crippen molar-refractivity contribution in [1.82, 2.24) is 0 Å². The van der Waals surface area contributed by atoms with Crippen LogP contribution in [0, 0.1) is 0 Å². The summed E-state index contributed by atoms with van der Waals surface area (Å²) in [5.41, 5.74) is 5.59. The number of benzene rings is 5. The van der Waals surface area contributed by atoms with Gasteiger partial charge in [0.1, 0.15) is 5.75 Å². The van der Waals surface area contributed by atoms with Crippen LogP contribution in [-0.4, -0.2) is 28.9 Å². The Hall–Kier alpha value is -4.00. The Morgan fingerprint density at radius 3 is 1.20 bits per heavy atom. The normalized spacial score (nSPS) is 11.3. The molecule has 41 heavy (non-hydrogen) atoms. The summed E-state index contributed by atoms with van der Waals surface area (Å²) in [6.45, 7) is 1.25. The lowest BCUT2D eigenvalue weighted by Crippen LogP contribution is -2.53. The summed E-state index contributed by atoms with van der Waals surface area (Å²) in [6, 6.07) is 49.1. The van der Waals surface area contributed by atoms with E-state index in [1.54, 1.807) is 0 Å². The molecule has 0 radical (unpaired) electrons. The van der Waals surface area contributed by atoms with Gasteiger partial charge in [-0.25, -0.2) is 0 Å².